The van der Waals surface area contributed by atoms with Crippen LogP contribution in [0.4, 0.5) is 4.79 Å². The third-order valence-electron chi connectivity index (χ3n) is 4.33. The van der Waals surface area contributed by atoms with Gasteiger partial charge in [-0.2, -0.15) is 0 Å². The molecule has 0 unspecified atom stereocenters. The maximum Gasteiger partial charge on any atom is 0.325 e. The van der Waals surface area contributed by atoms with Gasteiger partial charge in [-0.05, 0) is 19.3 Å². The molecule has 0 aromatic heterocycles. The molecule has 0 aromatic rings. The molecule has 5 nitrogen and oxygen atoms in total. The second kappa shape index (κ2) is 4.74. The number of amides is 3. The van der Waals surface area contributed by atoms with E-state index in [1.54, 1.807) is 0 Å². The van der Waals surface area contributed by atoms with Crippen molar-refractivity contribution in [1.29, 1.82) is 0 Å². The van der Waals surface area contributed by atoms with Crippen molar-refractivity contribution in [1.82, 2.24) is 10.2 Å². The average Bonchev–Trinajstić information content (AvgIpc) is 2.86. The summed E-state index contributed by atoms with van der Waals surface area (Å²) in [7, 11) is 0. The lowest BCUT2D eigenvalue weighted by Crippen LogP contribution is -2.44. The van der Waals surface area contributed by atoms with E-state index >= 15 is 0 Å². The Hall–Kier alpha value is -1.17. The maximum atomic E-state index is 12.4. The maximum absolute atomic E-state index is 12.4. The van der Waals surface area contributed by atoms with Gasteiger partial charge in [0.1, 0.15) is 5.54 Å². The minimum absolute atomic E-state index is 0.0752. The van der Waals surface area contributed by atoms with E-state index in [0.29, 0.717) is 18.0 Å². The molecule has 1 aliphatic heterocycles. The van der Waals surface area contributed by atoms with E-state index in [1.807, 2.05) is 13.8 Å². The fourth-order valence-corrected chi connectivity index (χ4v) is 2.81. The Morgan fingerprint density at radius 2 is 2.00 bits per heavy atom. The van der Waals surface area contributed by atoms with Crippen LogP contribution < -0.4 is 11.1 Å². The number of imide groups is 1. The molecule has 6 heteroatoms. The van der Waals surface area contributed by atoms with Crippen molar-refractivity contribution < 1.29 is 9.59 Å². The van der Waals surface area contributed by atoms with Crippen molar-refractivity contribution in [2.75, 3.05) is 6.54 Å². The van der Waals surface area contributed by atoms with E-state index in [1.165, 1.54) is 4.90 Å². The van der Waals surface area contributed by atoms with Crippen LogP contribution >= 0.6 is 12.2 Å². The number of hydrogen-bond acceptors (Lipinski definition) is 3. The summed E-state index contributed by atoms with van der Waals surface area (Å²) in [5.41, 5.74) is 4.70. The van der Waals surface area contributed by atoms with Gasteiger partial charge in [0.25, 0.3) is 5.91 Å². The third kappa shape index (κ3) is 2.45. The van der Waals surface area contributed by atoms with Gasteiger partial charge >= 0.3 is 6.03 Å². The largest absolute Gasteiger partial charge is 0.393 e. The van der Waals surface area contributed by atoms with Gasteiger partial charge in [0, 0.05) is 12.0 Å². The predicted octanol–water partition coefficient (Wildman–Crippen LogP) is 1.55. The number of rotatable bonds is 4. The standard InChI is InChI=1S/C13H21N3O2S/c1-12(2,9(14)19)7-8-16-10(17)13(15-11(16)18)5-3-4-6-13/h3-8H2,1-2H3,(H2,14,19)(H,15,18). The molecule has 2 rings (SSSR count). The Morgan fingerprint density at radius 1 is 1.42 bits per heavy atom. The molecule has 1 saturated carbocycles. The van der Waals surface area contributed by atoms with Crippen molar-refractivity contribution in [3.8, 4) is 0 Å². The highest BCUT2D eigenvalue weighted by Crippen LogP contribution is 2.35. The highest BCUT2D eigenvalue weighted by Gasteiger charge is 2.52. The van der Waals surface area contributed by atoms with E-state index in [0.717, 1.165) is 25.7 Å². The first kappa shape index (κ1) is 14.2. The minimum Gasteiger partial charge on any atom is -0.393 e. The average molecular weight is 283 g/mol. The second-order valence-corrected chi connectivity index (χ2v) is 6.61. The van der Waals surface area contributed by atoms with Crippen LogP contribution in [-0.4, -0.2) is 33.9 Å². The summed E-state index contributed by atoms with van der Waals surface area (Å²) in [6.07, 6.45) is 4.10. The molecule has 0 aromatic carbocycles. The normalized spacial score (nSPS) is 22.1. The summed E-state index contributed by atoms with van der Waals surface area (Å²) >= 11 is 5.01. The van der Waals surface area contributed by atoms with Crippen LogP contribution in [0.15, 0.2) is 0 Å². The highest BCUT2D eigenvalue weighted by atomic mass is 32.1. The molecule has 0 radical (unpaired) electrons. The Kier molecular flexibility index (Phi) is 3.55. The molecular weight excluding hydrogens is 262 g/mol. The fraction of sp³-hybridized carbons (Fsp3) is 0.769. The first-order valence-electron chi connectivity index (χ1n) is 6.73. The van der Waals surface area contributed by atoms with Gasteiger partial charge in [-0.3, -0.25) is 9.69 Å². The summed E-state index contributed by atoms with van der Waals surface area (Å²) in [6.45, 7) is 4.23. The van der Waals surface area contributed by atoms with Gasteiger partial charge < -0.3 is 11.1 Å². The van der Waals surface area contributed by atoms with Gasteiger partial charge in [0.2, 0.25) is 0 Å². The molecule has 1 saturated heterocycles. The quantitative estimate of drug-likeness (QED) is 0.606. The SMILES string of the molecule is CC(C)(CCN1C(=O)NC2(CCCC2)C1=O)C(N)=S. The molecule has 2 aliphatic rings. The monoisotopic (exact) mass is 283 g/mol. The molecule has 0 atom stereocenters. The Labute approximate surface area is 118 Å². The number of nitrogens with zero attached hydrogens (tertiary/aromatic N) is 1. The van der Waals surface area contributed by atoms with Crippen molar-refractivity contribution in [3.63, 3.8) is 0 Å². The van der Waals surface area contributed by atoms with Gasteiger partial charge in [0.15, 0.2) is 0 Å². The summed E-state index contributed by atoms with van der Waals surface area (Å²) < 4.78 is 0. The van der Waals surface area contributed by atoms with Crippen molar-refractivity contribution in [2.45, 2.75) is 51.5 Å². The first-order valence-corrected chi connectivity index (χ1v) is 7.13. The lowest BCUT2D eigenvalue weighted by molar-refractivity contribution is -0.131. The molecule has 1 spiro atoms. The van der Waals surface area contributed by atoms with Gasteiger partial charge in [0.05, 0.1) is 4.99 Å². The van der Waals surface area contributed by atoms with E-state index in [-0.39, 0.29) is 17.4 Å². The Morgan fingerprint density at radius 3 is 2.53 bits per heavy atom. The number of nitrogens with one attached hydrogen (secondary N) is 1. The molecule has 1 heterocycles. The van der Waals surface area contributed by atoms with Crippen LogP contribution in [0, 0.1) is 5.41 Å². The summed E-state index contributed by atoms with van der Waals surface area (Å²) in [5, 5.41) is 2.87. The lowest BCUT2D eigenvalue weighted by Gasteiger charge is -2.25. The highest BCUT2D eigenvalue weighted by molar-refractivity contribution is 7.80. The van der Waals surface area contributed by atoms with Crippen molar-refractivity contribution >= 4 is 29.1 Å². The fourth-order valence-electron chi connectivity index (χ4n) is 2.71. The van der Waals surface area contributed by atoms with E-state index < -0.39 is 5.54 Å². The number of nitrogens with two attached hydrogens (primary N) is 1. The van der Waals surface area contributed by atoms with E-state index in [9.17, 15) is 9.59 Å². The molecule has 0 bridgehead atoms. The topological polar surface area (TPSA) is 75.4 Å². The number of hydrogen-bond donors (Lipinski definition) is 2. The number of thiocarbonyl (C=S) groups is 1. The van der Waals surface area contributed by atoms with Crippen LogP contribution in [0.25, 0.3) is 0 Å². The van der Waals surface area contributed by atoms with E-state index in [4.69, 9.17) is 18.0 Å². The van der Waals surface area contributed by atoms with Crippen LogP contribution in [-0.2, 0) is 4.79 Å². The predicted molar refractivity (Wildman–Crippen MR) is 76.6 cm³/mol. The minimum atomic E-state index is -0.621. The van der Waals surface area contributed by atoms with Gasteiger partial charge in [-0.25, -0.2) is 4.79 Å². The molecule has 19 heavy (non-hydrogen) atoms. The van der Waals surface area contributed by atoms with Crippen molar-refractivity contribution in [2.24, 2.45) is 11.1 Å². The second-order valence-electron chi connectivity index (χ2n) is 6.17. The summed E-state index contributed by atoms with van der Waals surface area (Å²) in [5.74, 6) is -0.0752. The third-order valence-corrected chi connectivity index (χ3v) is 4.88. The first-order chi connectivity index (χ1) is 8.78. The van der Waals surface area contributed by atoms with Gasteiger partial charge in [-0.15, -0.1) is 0 Å². The zero-order chi connectivity index (χ0) is 14.3. The molecular formula is C13H21N3O2S. The van der Waals surface area contributed by atoms with E-state index in [2.05, 4.69) is 5.32 Å². The smallest absolute Gasteiger partial charge is 0.325 e. The lowest BCUT2D eigenvalue weighted by atomic mass is 9.89. The van der Waals surface area contributed by atoms with Crippen LogP contribution in [0.2, 0.25) is 0 Å². The Bertz CT molecular complexity index is 428. The summed E-state index contributed by atoms with van der Waals surface area (Å²) in [4.78, 5) is 26.1. The van der Waals surface area contributed by atoms with Crippen LogP contribution in [0.1, 0.15) is 46.0 Å². The number of carbonyl (C=O) groups excluding carboxylic acids is 2. The molecule has 3 amide bonds. The zero-order valence-corrected chi connectivity index (χ0v) is 12.3. The molecule has 106 valence electrons. The summed E-state index contributed by atoms with van der Waals surface area (Å²) in [6, 6.07) is -0.273. The van der Waals surface area contributed by atoms with Crippen LogP contribution in [0.5, 0.6) is 0 Å². The zero-order valence-electron chi connectivity index (χ0n) is 11.5. The van der Waals surface area contributed by atoms with Gasteiger partial charge in [-0.1, -0.05) is 38.9 Å². The molecule has 3 N–H and O–H groups in total. The molecule has 1 aliphatic carbocycles. The van der Waals surface area contributed by atoms with Crippen LogP contribution in [0.3, 0.4) is 0 Å². The number of urea groups is 1. The number of carbonyl (C=O) groups is 2. The molecule has 2 fully saturated rings. The van der Waals surface area contributed by atoms with Crippen molar-refractivity contribution in [3.05, 3.63) is 0 Å². The Balaban J connectivity index is 2.04.